The molecule has 102 valence electrons. The van der Waals surface area contributed by atoms with Crippen LogP contribution in [0.1, 0.15) is 5.69 Å². The predicted molar refractivity (Wildman–Crippen MR) is 78.5 cm³/mol. The second kappa shape index (κ2) is 4.52. The normalized spacial score (nSPS) is 11.1. The number of hydrogen-bond donors (Lipinski definition) is 1. The molecule has 0 aromatic carbocycles. The molecule has 4 aromatic heterocycles. The monoisotopic (exact) mass is 276 g/mol. The maximum absolute atomic E-state index is 4.74. The Hall–Kier alpha value is -3.02. The number of rotatable bonds is 2. The molecule has 0 amide bonds. The molecular formula is C15H12N6. The number of pyridine rings is 1. The first-order valence-corrected chi connectivity index (χ1v) is 6.57. The number of aromatic amines is 1. The molecule has 0 fully saturated rings. The van der Waals surface area contributed by atoms with E-state index < -0.39 is 0 Å². The molecule has 0 saturated heterocycles. The molecule has 21 heavy (non-hydrogen) atoms. The van der Waals surface area contributed by atoms with Crippen molar-refractivity contribution in [2.24, 2.45) is 0 Å². The molecule has 6 heteroatoms. The van der Waals surface area contributed by atoms with Gasteiger partial charge in [-0.05, 0) is 19.1 Å². The zero-order valence-corrected chi connectivity index (χ0v) is 11.4. The molecule has 0 aliphatic carbocycles. The molecular weight excluding hydrogens is 264 g/mol. The fraction of sp³-hybridized carbons (Fsp3) is 0.0667. The van der Waals surface area contributed by atoms with Crippen molar-refractivity contribution < 1.29 is 0 Å². The molecule has 0 saturated carbocycles. The van der Waals surface area contributed by atoms with Crippen LogP contribution in [0.5, 0.6) is 0 Å². The van der Waals surface area contributed by atoms with E-state index in [0.717, 1.165) is 34.0 Å². The van der Waals surface area contributed by atoms with Gasteiger partial charge in [0.15, 0.2) is 0 Å². The molecule has 0 radical (unpaired) electrons. The summed E-state index contributed by atoms with van der Waals surface area (Å²) in [6, 6.07) is 5.95. The van der Waals surface area contributed by atoms with Gasteiger partial charge in [0.05, 0.1) is 17.5 Å². The van der Waals surface area contributed by atoms with E-state index in [-0.39, 0.29) is 0 Å². The minimum atomic E-state index is 0.800. The summed E-state index contributed by atoms with van der Waals surface area (Å²) >= 11 is 0. The van der Waals surface area contributed by atoms with Crippen molar-refractivity contribution in [1.82, 2.24) is 29.5 Å². The third-order valence-electron chi connectivity index (χ3n) is 3.35. The van der Waals surface area contributed by atoms with Gasteiger partial charge in [-0.25, -0.2) is 9.97 Å². The quantitative estimate of drug-likeness (QED) is 0.610. The van der Waals surface area contributed by atoms with Gasteiger partial charge in [-0.15, -0.1) is 0 Å². The van der Waals surface area contributed by atoms with Gasteiger partial charge in [-0.2, -0.15) is 5.10 Å². The van der Waals surface area contributed by atoms with E-state index in [1.54, 1.807) is 12.4 Å². The van der Waals surface area contributed by atoms with E-state index in [9.17, 15) is 0 Å². The van der Waals surface area contributed by atoms with Crippen molar-refractivity contribution in [3.05, 3.63) is 54.9 Å². The van der Waals surface area contributed by atoms with Crippen LogP contribution in [-0.2, 0) is 0 Å². The Bertz CT molecular complexity index is 890. The van der Waals surface area contributed by atoms with Crippen LogP contribution in [0.4, 0.5) is 0 Å². The summed E-state index contributed by atoms with van der Waals surface area (Å²) in [6.45, 7) is 1.96. The zero-order valence-electron chi connectivity index (χ0n) is 11.4. The Kier molecular flexibility index (Phi) is 2.53. The second-order valence-electron chi connectivity index (χ2n) is 4.80. The maximum Gasteiger partial charge on any atom is 0.149 e. The average Bonchev–Trinajstić information content (AvgIpc) is 3.18. The van der Waals surface area contributed by atoms with E-state index in [0.29, 0.717) is 0 Å². The highest BCUT2D eigenvalue weighted by atomic mass is 15.1. The van der Waals surface area contributed by atoms with E-state index >= 15 is 0 Å². The minimum Gasteiger partial charge on any atom is -0.285 e. The summed E-state index contributed by atoms with van der Waals surface area (Å²) in [7, 11) is 0. The molecule has 0 atom stereocenters. The standard InChI is InChI=1S/C15H12N6/c1-10-2-3-11(7-17-10)13-6-14-16-4-5-21(14)15(20-13)12-8-18-19-9-12/h2-9H,1H3,(H,18,19). The molecule has 4 aromatic rings. The number of H-pyrrole nitrogens is 1. The molecule has 0 unspecified atom stereocenters. The second-order valence-corrected chi connectivity index (χ2v) is 4.80. The molecule has 4 heterocycles. The molecule has 6 nitrogen and oxygen atoms in total. The summed E-state index contributed by atoms with van der Waals surface area (Å²) in [4.78, 5) is 13.4. The molecule has 0 spiro atoms. The van der Waals surface area contributed by atoms with E-state index in [1.807, 2.05) is 48.1 Å². The maximum atomic E-state index is 4.74. The number of hydrogen-bond acceptors (Lipinski definition) is 4. The largest absolute Gasteiger partial charge is 0.285 e. The number of aryl methyl sites for hydroxylation is 1. The lowest BCUT2D eigenvalue weighted by Gasteiger charge is -2.07. The first kappa shape index (κ1) is 11.8. The van der Waals surface area contributed by atoms with Crippen molar-refractivity contribution in [3.8, 4) is 22.6 Å². The summed E-state index contributed by atoms with van der Waals surface area (Å²) < 4.78 is 1.94. The molecule has 0 bridgehead atoms. The van der Waals surface area contributed by atoms with Gasteiger partial charge < -0.3 is 0 Å². The lowest BCUT2D eigenvalue weighted by Crippen LogP contribution is -1.97. The number of aromatic nitrogens is 6. The first-order chi connectivity index (χ1) is 10.3. The van der Waals surface area contributed by atoms with Crippen LogP contribution in [0.15, 0.2) is 49.2 Å². The van der Waals surface area contributed by atoms with Crippen molar-refractivity contribution in [3.63, 3.8) is 0 Å². The number of imidazole rings is 1. The molecule has 4 rings (SSSR count). The third kappa shape index (κ3) is 1.97. The van der Waals surface area contributed by atoms with Gasteiger partial charge in [-0.3, -0.25) is 14.5 Å². The van der Waals surface area contributed by atoms with Gasteiger partial charge >= 0.3 is 0 Å². The highest BCUT2D eigenvalue weighted by Crippen LogP contribution is 2.23. The summed E-state index contributed by atoms with van der Waals surface area (Å²) in [5, 5.41) is 6.81. The Morgan fingerprint density at radius 2 is 2.05 bits per heavy atom. The Morgan fingerprint density at radius 1 is 1.10 bits per heavy atom. The SMILES string of the molecule is Cc1ccc(-c2cc3nccn3c(-c3cn[nH]c3)n2)cn1. The topological polar surface area (TPSA) is 71.8 Å². The Morgan fingerprint density at radius 3 is 2.81 bits per heavy atom. The average molecular weight is 276 g/mol. The predicted octanol–water partition coefficient (Wildman–Crippen LogP) is 2.49. The molecule has 0 aliphatic heterocycles. The summed E-state index contributed by atoms with van der Waals surface area (Å²) in [5.41, 5.74) is 4.56. The van der Waals surface area contributed by atoms with Crippen molar-refractivity contribution in [1.29, 1.82) is 0 Å². The zero-order chi connectivity index (χ0) is 14.2. The number of nitrogens with zero attached hydrogens (tertiary/aromatic N) is 5. The smallest absolute Gasteiger partial charge is 0.149 e. The minimum absolute atomic E-state index is 0.800. The van der Waals surface area contributed by atoms with Crippen LogP contribution in [-0.4, -0.2) is 29.5 Å². The fourth-order valence-corrected chi connectivity index (χ4v) is 2.27. The fourth-order valence-electron chi connectivity index (χ4n) is 2.27. The van der Waals surface area contributed by atoms with Crippen LogP contribution < -0.4 is 0 Å². The van der Waals surface area contributed by atoms with Crippen LogP contribution >= 0.6 is 0 Å². The van der Waals surface area contributed by atoms with Crippen LogP contribution in [0.2, 0.25) is 0 Å². The van der Waals surface area contributed by atoms with Gasteiger partial charge in [0.2, 0.25) is 0 Å². The lowest BCUT2D eigenvalue weighted by atomic mass is 10.2. The van der Waals surface area contributed by atoms with Gasteiger partial charge in [0.1, 0.15) is 11.5 Å². The highest BCUT2D eigenvalue weighted by Gasteiger charge is 2.11. The number of nitrogens with one attached hydrogen (secondary N) is 1. The van der Waals surface area contributed by atoms with Crippen LogP contribution in [0, 0.1) is 6.92 Å². The summed E-state index contributed by atoms with van der Waals surface area (Å²) in [6.07, 6.45) is 9.05. The van der Waals surface area contributed by atoms with E-state index in [1.165, 1.54) is 0 Å². The lowest BCUT2D eigenvalue weighted by molar-refractivity contribution is 1.09. The van der Waals surface area contributed by atoms with Gasteiger partial charge in [0.25, 0.3) is 0 Å². The third-order valence-corrected chi connectivity index (χ3v) is 3.35. The molecule has 1 N–H and O–H groups in total. The summed E-state index contributed by atoms with van der Waals surface area (Å²) in [5.74, 6) is 0.800. The first-order valence-electron chi connectivity index (χ1n) is 6.57. The molecule has 0 aliphatic rings. The Balaban J connectivity index is 1.97. The number of fused-ring (bicyclic) bond motifs is 1. The van der Waals surface area contributed by atoms with Crippen molar-refractivity contribution in [2.45, 2.75) is 6.92 Å². The van der Waals surface area contributed by atoms with Crippen LogP contribution in [0.25, 0.3) is 28.3 Å². The van der Waals surface area contributed by atoms with E-state index in [2.05, 4.69) is 20.2 Å². The Labute approximate surface area is 120 Å². The van der Waals surface area contributed by atoms with Gasteiger partial charge in [-0.1, -0.05) is 0 Å². The van der Waals surface area contributed by atoms with E-state index in [4.69, 9.17) is 4.98 Å². The van der Waals surface area contributed by atoms with Crippen LogP contribution in [0.3, 0.4) is 0 Å². The van der Waals surface area contributed by atoms with Gasteiger partial charge in [0, 0.05) is 42.1 Å². The van der Waals surface area contributed by atoms with Crippen molar-refractivity contribution >= 4 is 5.65 Å². The van der Waals surface area contributed by atoms with Crippen molar-refractivity contribution in [2.75, 3.05) is 0 Å². The highest BCUT2D eigenvalue weighted by molar-refractivity contribution is 5.68.